The third kappa shape index (κ3) is 6.01. The third-order valence-electron chi connectivity index (χ3n) is 2.85. The van der Waals surface area contributed by atoms with E-state index in [1.165, 1.54) is 0 Å². The standard InChI is InChI=1S/C13H13N5.3CN.Ir/c1-17-8-6-14-12(17)10-4-3-5-11(16-10)13-15-7-9-18(13)2;3*1-2;/h3-9H,1-2H3;;;;/q;3*-1;+3. The van der Waals surface area contributed by atoms with Crippen molar-refractivity contribution >= 4 is 0 Å². The Balaban J connectivity index is 0. The number of aromatic nitrogens is 5. The summed E-state index contributed by atoms with van der Waals surface area (Å²) in [7, 11) is 3.91. The zero-order chi connectivity index (χ0) is 18.5. The van der Waals surface area contributed by atoms with Gasteiger partial charge in [0.2, 0.25) is 0 Å². The molecule has 3 heterocycles. The van der Waals surface area contributed by atoms with Crippen LogP contribution >= 0.6 is 0 Å². The van der Waals surface area contributed by atoms with Gasteiger partial charge < -0.3 is 44.6 Å². The number of pyridine rings is 1. The van der Waals surface area contributed by atoms with Crippen LogP contribution in [0.15, 0.2) is 43.0 Å². The molecular weight excluding hydrogens is 496 g/mol. The molecule has 0 unspecified atom stereocenters. The summed E-state index contributed by atoms with van der Waals surface area (Å²) in [5, 5.41) is 18.8. The molecule has 0 saturated carbocycles. The van der Waals surface area contributed by atoms with Crippen molar-refractivity contribution in [3.63, 3.8) is 0 Å². The molecule has 3 rings (SSSR count). The minimum atomic E-state index is 0. The number of rotatable bonds is 2. The van der Waals surface area contributed by atoms with Gasteiger partial charge in [-0.25, -0.2) is 15.0 Å². The van der Waals surface area contributed by atoms with Crippen molar-refractivity contribution in [2.24, 2.45) is 14.1 Å². The summed E-state index contributed by atoms with van der Waals surface area (Å²) in [6.45, 7) is 14.2. The summed E-state index contributed by atoms with van der Waals surface area (Å²) in [6.07, 6.45) is 7.35. The molecule has 0 aliphatic heterocycles. The van der Waals surface area contributed by atoms with E-state index in [0.717, 1.165) is 23.0 Å². The maximum atomic E-state index is 6.25. The summed E-state index contributed by atoms with van der Waals surface area (Å²) in [5.41, 5.74) is 1.70. The molecule has 8 nitrogen and oxygen atoms in total. The maximum absolute atomic E-state index is 6.25. The minimum Gasteiger partial charge on any atom is -0.512 e. The number of hydrogen-bond acceptors (Lipinski definition) is 6. The van der Waals surface area contributed by atoms with Crippen molar-refractivity contribution in [1.82, 2.24) is 24.1 Å². The van der Waals surface area contributed by atoms with E-state index < -0.39 is 0 Å². The number of imidazole rings is 2. The van der Waals surface area contributed by atoms with Crippen molar-refractivity contribution < 1.29 is 20.1 Å². The SMILES string of the molecule is Cn1ccnc1-c1cccc(-c2nccn2C)n1.[C-]#N.[C-]#N.[C-]#N.[Ir+3]. The van der Waals surface area contributed by atoms with Crippen LogP contribution in [0.4, 0.5) is 0 Å². The van der Waals surface area contributed by atoms with Crippen LogP contribution in [-0.4, -0.2) is 24.1 Å². The Morgan fingerprint density at radius 2 is 1.12 bits per heavy atom. The molecular formula is C16H13IrN8. The van der Waals surface area contributed by atoms with Crippen LogP contribution in [0.2, 0.25) is 0 Å². The van der Waals surface area contributed by atoms with Gasteiger partial charge in [-0.05, 0) is 12.1 Å². The smallest absolute Gasteiger partial charge is 0.512 e. The summed E-state index contributed by atoms with van der Waals surface area (Å²) in [4.78, 5) is 13.2. The zero-order valence-corrected chi connectivity index (χ0v) is 15.8. The molecule has 0 spiro atoms. The Hall–Kier alpha value is -3.31. The number of hydrogen-bond donors (Lipinski definition) is 0. The Morgan fingerprint density at radius 3 is 1.40 bits per heavy atom. The van der Waals surface area contributed by atoms with E-state index in [2.05, 4.69) is 15.0 Å². The topological polar surface area (TPSA) is 120 Å². The second-order valence-corrected chi connectivity index (χ2v) is 4.13. The predicted octanol–water partition coefficient (Wildman–Crippen LogP) is 2.17. The van der Waals surface area contributed by atoms with E-state index in [0.29, 0.717) is 0 Å². The monoisotopic (exact) mass is 510 g/mol. The molecule has 0 atom stereocenters. The van der Waals surface area contributed by atoms with Crippen molar-refractivity contribution in [2.75, 3.05) is 0 Å². The molecule has 0 aromatic carbocycles. The van der Waals surface area contributed by atoms with Crippen LogP contribution in [-0.2, 0) is 34.2 Å². The normalized spacial score (nSPS) is 8.00. The van der Waals surface area contributed by atoms with Crippen LogP contribution in [0.5, 0.6) is 0 Å². The van der Waals surface area contributed by atoms with Gasteiger partial charge in [0, 0.05) is 38.9 Å². The summed E-state index contributed by atoms with van der Waals surface area (Å²) >= 11 is 0. The second kappa shape index (κ2) is 13.2. The van der Waals surface area contributed by atoms with Crippen molar-refractivity contribution in [3.05, 3.63) is 62.7 Å². The van der Waals surface area contributed by atoms with Gasteiger partial charge in [-0.15, -0.1) is 0 Å². The average Bonchev–Trinajstić information content (AvgIpc) is 3.28. The van der Waals surface area contributed by atoms with E-state index in [1.54, 1.807) is 12.4 Å². The molecule has 0 amide bonds. The summed E-state index contributed by atoms with van der Waals surface area (Å²) < 4.78 is 3.90. The van der Waals surface area contributed by atoms with Gasteiger partial charge in [-0.1, -0.05) is 6.07 Å². The van der Waals surface area contributed by atoms with Crippen LogP contribution in [0, 0.1) is 35.5 Å². The first-order valence-corrected chi connectivity index (χ1v) is 6.35. The average molecular weight is 510 g/mol. The number of nitrogens with zero attached hydrogens (tertiary/aromatic N) is 8. The largest absolute Gasteiger partial charge is 3.00 e. The van der Waals surface area contributed by atoms with E-state index >= 15 is 0 Å². The van der Waals surface area contributed by atoms with Gasteiger partial charge in [0.1, 0.15) is 11.4 Å². The molecule has 0 N–H and O–H groups in total. The molecule has 25 heavy (non-hydrogen) atoms. The van der Waals surface area contributed by atoms with Gasteiger partial charge >= 0.3 is 20.1 Å². The van der Waals surface area contributed by atoms with E-state index in [1.807, 2.05) is 53.8 Å². The molecule has 9 heteroatoms. The fraction of sp³-hybridized carbons (Fsp3) is 0.125. The van der Waals surface area contributed by atoms with Gasteiger partial charge in [-0.2, -0.15) is 0 Å². The Labute approximate surface area is 160 Å². The molecule has 0 fully saturated rings. The molecule has 0 aliphatic carbocycles. The Morgan fingerprint density at radius 1 is 0.760 bits per heavy atom. The van der Waals surface area contributed by atoms with Crippen molar-refractivity contribution in [2.45, 2.75) is 0 Å². The maximum Gasteiger partial charge on any atom is 3.00 e. The Kier molecular flexibility index (Phi) is 12.6. The molecule has 0 aliphatic rings. The van der Waals surface area contributed by atoms with Crippen LogP contribution in [0.3, 0.4) is 0 Å². The molecule has 0 bridgehead atoms. The fourth-order valence-corrected chi connectivity index (χ4v) is 1.91. The van der Waals surface area contributed by atoms with E-state index in [4.69, 9.17) is 35.5 Å². The van der Waals surface area contributed by atoms with Crippen molar-refractivity contribution in [1.29, 1.82) is 15.8 Å². The van der Waals surface area contributed by atoms with Gasteiger partial charge in [0.25, 0.3) is 0 Å². The van der Waals surface area contributed by atoms with Crippen molar-refractivity contribution in [3.8, 4) is 23.0 Å². The van der Waals surface area contributed by atoms with Crippen LogP contribution in [0.25, 0.3) is 23.0 Å². The minimum absolute atomic E-state index is 0. The summed E-state index contributed by atoms with van der Waals surface area (Å²) in [6, 6.07) is 5.88. The molecule has 0 radical (unpaired) electrons. The van der Waals surface area contributed by atoms with E-state index in [-0.39, 0.29) is 20.1 Å². The molecule has 3 aromatic rings. The summed E-state index contributed by atoms with van der Waals surface area (Å²) in [5.74, 6) is 1.71. The molecule has 126 valence electrons. The van der Waals surface area contributed by atoms with Crippen LogP contribution in [0.1, 0.15) is 0 Å². The predicted molar refractivity (Wildman–Crippen MR) is 83.5 cm³/mol. The molecule has 3 aromatic heterocycles. The Bertz CT molecular complexity index is 743. The second-order valence-electron chi connectivity index (χ2n) is 4.13. The third-order valence-corrected chi connectivity index (χ3v) is 2.85. The zero-order valence-electron chi connectivity index (χ0n) is 13.5. The van der Waals surface area contributed by atoms with Gasteiger partial charge in [0.15, 0.2) is 11.6 Å². The van der Waals surface area contributed by atoms with E-state index in [9.17, 15) is 0 Å². The first kappa shape index (κ1) is 23.9. The first-order valence-electron chi connectivity index (χ1n) is 6.35. The number of aryl methyl sites for hydroxylation is 2. The molecule has 0 saturated heterocycles. The van der Waals surface area contributed by atoms with Gasteiger partial charge in [-0.3, -0.25) is 0 Å². The first-order chi connectivity index (χ1) is 11.8. The van der Waals surface area contributed by atoms with Crippen LogP contribution < -0.4 is 0 Å². The quantitative estimate of drug-likeness (QED) is 0.489. The fourth-order valence-electron chi connectivity index (χ4n) is 1.91. The van der Waals surface area contributed by atoms with Gasteiger partial charge in [0.05, 0.1) is 0 Å².